The molecule has 0 aliphatic carbocycles. The first-order chi connectivity index (χ1) is 18.2. The van der Waals surface area contributed by atoms with Crippen LogP contribution >= 0.6 is 0 Å². The van der Waals surface area contributed by atoms with Crippen LogP contribution in [-0.2, 0) is 27.4 Å². The lowest BCUT2D eigenvalue weighted by Gasteiger charge is -2.30. The number of para-hydroxylation sites is 1. The van der Waals surface area contributed by atoms with Crippen LogP contribution in [0.25, 0.3) is 10.9 Å². The van der Waals surface area contributed by atoms with Gasteiger partial charge in [0.1, 0.15) is 6.04 Å². The maximum Gasteiger partial charge on any atom is 0.396 e. The predicted molar refractivity (Wildman–Crippen MR) is 136 cm³/mol. The van der Waals surface area contributed by atoms with Gasteiger partial charge in [-0.25, -0.2) is 4.79 Å². The number of nitrogens with zero attached hydrogens (tertiary/aromatic N) is 4. The third kappa shape index (κ3) is 6.36. The Hall–Kier alpha value is -3.80. The zero-order valence-corrected chi connectivity index (χ0v) is 22.2. The van der Waals surface area contributed by atoms with Gasteiger partial charge < -0.3 is 24.5 Å². The van der Waals surface area contributed by atoms with Gasteiger partial charge in [-0.3, -0.25) is 14.3 Å². The lowest BCUT2D eigenvalue weighted by molar-refractivity contribution is -0.125. The van der Waals surface area contributed by atoms with E-state index in [-0.39, 0.29) is 30.6 Å². The minimum absolute atomic E-state index is 0.0400. The molecule has 12 nitrogen and oxygen atoms in total. The quantitative estimate of drug-likeness (QED) is 0.401. The summed E-state index contributed by atoms with van der Waals surface area (Å²) in [5.41, 5.74) is 0.519. The number of rotatable bonds is 9. The molecule has 4 rings (SSSR count). The highest BCUT2D eigenvalue weighted by Gasteiger charge is 2.34. The summed E-state index contributed by atoms with van der Waals surface area (Å²) in [7, 11) is 0. The Morgan fingerprint density at radius 1 is 1.16 bits per heavy atom. The fourth-order valence-electron chi connectivity index (χ4n) is 4.35. The second-order valence-electron chi connectivity index (χ2n) is 10.3. The molecular weight excluding hydrogens is 492 g/mol. The molecule has 3 heterocycles. The van der Waals surface area contributed by atoms with E-state index in [4.69, 9.17) is 13.9 Å². The molecule has 2 N–H and O–H groups in total. The van der Waals surface area contributed by atoms with E-state index in [1.165, 1.54) is 0 Å². The van der Waals surface area contributed by atoms with Crippen molar-refractivity contribution in [3.05, 3.63) is 41.7 Å². The van der Waals surface area contributed by atoms with Crippen molar-refractivity contribution in [2.24, 2.45) is 11.3 Å². The summed E-state index contributed by atoms with van der Waals surface area (Å²) in [5.74, 6) is -1.44. The van der Waals surface area contributed by atoms with Gasteiger partial charge in [0.15, 0.2) is 5.69 Å². The molecule has 1 fully saturated rings. The third-order valence-corrected chi connectivity index (χ3v) is 6.38. The molecule has 1 aliphatic rings. The van der Waals surface area contributed by atoms with E-state index in [1.807, 2.05) is 49.7 Å². The second kappa shape index (κ2) is 11.7. The van der Waals surface area contributed by atoms with Crippen molar-refractivity contribution in [1.29, 1.82) is 0 Å². The van der Waals surface area contributed by atoms with Gasteiger partial charge in [-0.15, -0.1) is 10.2 Å². The van der Waals surface area contributed by atoms with E-state index in [0.717, 1.165) is 37.0 Å². The van der Waals surface area contributed by atoms with Crippen molar-refractivity contribution in [2.45, 2.75) is 59.7 Å². The summed E-state index contributed by atoms with van der Waals surface area (Å²) in [5, 5.41) is 18.4. The van der Waals surface area contributed by atoms with Crippen LogP contribution in [0.3, 0.4) is 0 Å². The summed E-state index contributed by atoms with van der Waals surface area (Å²) in [6.45, 7) is 9.43. The van der Waals surface area contributed by atoms with Crippen LogP contribution in [0.5, 0.6) is 0 Å². The largest absolute Gasteiger partial charge is 0.459 e. The molecule has 0 radical (unpaired) electrons. The van der Waals surface area contributed by atoms with Gasteiger partial charge in [-0.2, -0.15) is 5.10 Å². The molecule has 3 aromatic rings. The SMILES string of the molecule is CCOC(=O)c1nnc(CNC(=O)[C@@H](NC(=O)c2nn(CC3CCOCC3)c3ccccc23)C(C)(C)C)o1. The standard InChI is InChI=1S/C26H34N6O6/c1-5-37-25(35)24-30-29-19(38-24)14-27-23(34)21(26(2,3)4)28-22(33)20-17-8-6-7-9-18(17)32(31-20)15-16-10-12-36-13-11-16/h6-9,16,21H,5,10-15H2,1-4H3,(H,27,34)(H,28,33)/t21-/m1/s1. The molecule has 1 aromatic carbocycles. The van der Waals surface area contributed by atoms with Crippen molar-refractivity contribution in [3.8, 4) is 0 Å². The number of aromatic nitrogens is 4. The number of amides is 2. The van der Waals surface area contributed by atoms with E-state index >= 15 is 0 Å². The Balaban J connectivity index is 1.48. The van der Waals surface area contributed by atoms with Gasteiger partial charge in [0.2, 0.25) is 11.8 Å². The Labute approximate surface area is 220 Å². The number of nitrogens with one attached hydrogen (secondary N) is 2. The highest BCUT2D eigenvalue weighted by Crippen LogP contribution is 2.25. The smallest absolute Gasteiger partial charge is 0.396 e. The summed E-state index contributed by atoms with van der Waals surface area (Å²) < 4.78 is 17.4. The van der Waals surface area contributed by atoms with E-state index in [1.54, 1.807) is 6.92 Å². The monoisotopic (exact) mass is 526 g/mol. The van der Waals surface area contributed by atoms with Crippen molar-refractivity contribution < 1.29 is 28.3 Å². The first-order valence-corrected chi connectivity index (χ1v) is 12.8. The van der Waals surface area contributed by atoms with Crippen LogP contribution in [0.15, 0.2) is 28.7 Å². The summed E-state index contributed by atoms with van der Waals surface area (Å²) in [6, 6.07) is 6.70. The Morgan fingerprint density at radius 3 is 2.61 bits per heavy atom. The third-order valence-electron chi connectivity index (χ3n) is 6.38. The molecule has 1 atom stereocenters. The number of hydrogen-bond donors (Lipinski definition) is 2. The number of esters is 1. The van der Waals surface area contributed by atoms with Crippen molar-refractivity contribution in [1.82, 2.24) is 30.6 Å². The fourth-order valence-corrected chi connectivity index (χ4v) is 4.35. The first-order valence-electron chi connectivity index (χ1n) is 12.8. The van der Waals surface area contributed by atoms with Crippen LogP contribution in [0.4, 0.5) is 0 Å². The molecule has 0 spiro atoms. The van der Waals surface area contributed by atoms with E-state index in [2.05, 4.69) is 25.9 Å². The van der Waals surface area contributed by atoms with Gasteiger partial charge >= 0.3 is 11.9 Å². The Morgan fingerprint density at radius 2 is 1.89 bits per heavy atom. The van der Waals surface area contributed by atoms with E-state index in [9.17, 15) is 14.4 Å². The van der Waals surface area contributed by atoms with Gasteiger partial charge in [-0.1, -0.05) is 39.0 Å². The van der Waals surface area contributed by atoms with Gasteiger partial charge in [-0.05, 0) is 37.2 Å². The van der Waals surface area contributed by atoms with Crippen LogP contribution in [0.1, 0.15) is 67.6 Å². The van der Waals surface area contributed by atoms with Crippen LogP contribution in [0.2, 0.25) is 0 Å². The molecule has 12 heteroatoms. The lowest BCUT2D eigenvalue weighted by atomic mass is 9.86. The van der Waals surface area contributed by atoms with Crippen molar-refractivity contribution >= 4 is 28.7 Å². The fraction of sp³-hybridized carbons (Fsp3) is 0.538. The minimum atomic E-state index is -0.887. The highest BCUT2D eigenvalue weighted by atomic mass is 16.5. The van der Waals surface area contributed by atoms with Crippen LogP contribution in [0, 0.1) is 11.3 Å². The van der Waals surface area contributed by atoms with Crippen molar-refractivity contribution in [2.75, 3.05) is 19.8 Å². The Kier molecular flexibility index (Phi) is 8.40. The number of hydrogen-bond acceptors (Lipinski definition) is 9. The average Bonchev–Trinajstić information content (AvgIpc) is 3.51. The van der Waals surface area contributed by atoms with E-state index in [0.29, 0.717) is 12.5 Å². The summed E-state index contributed by atoms with van der Waals surface area (Å²) in [6.07, 6.45) is 1.90. The first kappa shape index (κ1) is 27.2. The summed E-state index contributed by atoms with van der Waals surface area (Å²) in [4.78, 5) is 38.4. The number of ether oxygens (including phenoxy) is 2. The molecule has 0 unspecified atom stereocenters. The zero-order valence-electron chi connectivity index (χ0n) is 22.2. The number of benzene rings is 1. The lowest BCUT2D eigenvalue weighted by Crippen LogP contribution is -2.53. The van der Waals surface area contributed by atoms with Crippen LogP contribution in [-0.4, -0.2) is 63.6 Å². The molecule has 1 saturated heterocycles. The van der Waals surface area contributed by atoms with E-state index < -0.39 is 29.2 Å². The maximum atomic E-state index is 13.5. The molecule has 2 aromatic heterocycles. The summed E-state index contributed by atoms with van der Waals surface area (Å²) >= 11 is 0. The molecule has 0 bridgehead atoms. The molecule has 0 saturated carbocycles. The zero-order chi connectivity index (χ0) is 27.3. The van der Waals surface area contributed by atoms with Gasteiger partial charge in [0.25, 0.3) is 5.91 Å². The van der Waals surface area contributed by atoms with Gasteiger partial charge in [0, 0.05) is 25.1 Å². The van der Waals surface area contributed by atoms with Gasteiger partial charge in [0.05, 0.1) is 18.7 Å². The predicted octanol–water partition coefficient (Wildman–Crippen LogP) is 2.48. The molecular formula is C26H34N6O6. The Bertz CT molecular complexity index is 1290. The topological polar surface area (TPSA) is 150 Å². The van der Waals surface area contributed by atoms with Crippen LogP contribution < -0.4 is 10.6 Å². The molecule has 1 aliphatic heterocycles. The average molecular weight is 527 g/mol. The number of fused-ring (bicyclic) bond motifs is 1. The number of carbonyl (C=O) groups is 3. The maximum absolute atomic E-state index is 13.5. The minimum Gasteiger partial charge on any atom is -0.459 e. The highest BCUT2D eigenvalue weighted by molar-refractivity contribution is 6.06. The normalized spacial score (nSPS) is 15.3. The second-order valence-corrected chi connectivity index (χ2v) is 10.3. The number of carbonyl (C=O) groups excluding carboxylic acids is 3. The molecule has 38 heavy (non-hydrogen) atoms. The van der Waals surface area contributed by atoms with Crippen molar-refractivity contribution in [3.63, 3.8) is 0 Å². The molecule has 2 amide bonds. The molecule has 204 valence electrons.